The fraction of sp³-hybridized carbons (Fsp3) is 0.877. The van der Waals surface area contributed by atoms with Crippen molar-refractivity contribution in [3.63, 3.8) is 0 Å². The number of amides is 4. The van der Waals surface area contributed by atoms with Gasteiger partial charge in [-0.25, -0.2) is 0 Å². The Labute approximate surface area is 461 Å². The summed E-state index contributed by atoms with van der Waals surface area (Å²) < 4.78 is 27.6. The van der Waals surface area contributed by atoms with Crippen molar-refractivity contribution in [2.45, 2.75) is 295 Å². The Morgan fingerprint density at radius 3 is 1.45 bits per heavy atom. The van der Waals surface area contributed by atoms with Crippen molar-refractivity contribution < 1.29 is 72.6 Å². The molecule has 0 bridgehead atoms. The number of esters is 3. The lowest BCUT2D eigenvalue weighted by atomic mass is 9.96. The number of aliphatic hydroxyl groups is 3. The maximum atomic E-state index is 13.7. The van der Waals surface area contributed by atoms with Gasteiger partial charge in [0.25, 0.3) is 0 Å². The first-order valence-corrected chi connectivity index (χ1v) is 29.7. The maximum absolute atomic E-state index is 13.7. The summed E-state index contributed by atoms with van der Waals surface area (Å²) in [6.45, 7) is 5.77. The van der Waals surface area contributed by atoms with Crippen molar-refractivity contribution in [2.75, 3.05) is 26.4 Å². The van der Waals surface area contributed by atoms with Crippen LogP contribution in [-0.2, 0) is 57.2 Å². The number of carbonyl (C=O) groups is 7. The third-order valence-corrected chi connectivity index (χ3v) is 14.0. The van der Waals surface area contributed by atoms with Crippen molar-refractivity contribution >= 4 is 41.5 Å². The molecule has 0 aromatic heterocycles. The second-order valence-electron chi connectivity index (χ2n) is 21.0. The molecular formula is C57H105N5O15. The smallest absolute Gasteiger partial charge is 0.306 e. The molecule has 1 unspecified atom stereocenters. The molecule has 4 amide bonds. The van der Waals surface area contributed by atoms with Crippen LogP contribution in [-0.4, -0.2) is 138 Å². The van der Waals surface area contributed by atoms with E-state index in [1.165, 1.54) is 122 Å². The van der Waals surface area contributed by atoms with Crippen LogP contribution in [0.3, 0.4) is 0 Å². The van der Waals surface area contributed by atoms with E-state index in [9.17, 15) is 48.9 Å². The third kappa shape index (κ3) is 35.3. The second-order valence-corrected chi connectivity index (χ2v) is 21.0. The predicted octanol–water partition coefficient (Wildman–Crippen LogP) is 6.66. The molecule has 1 saturated heterocycles. The molecule has 1 heterocycles. The zero-order chi connectivity index (χ0) is 57.1. The summed E-state index contributed by atoms with van der Waals surface area (Å²) in [5.41, 5.74) is 11.3. The summed E-state index contributed by atoms with van der Waals surface area (Å²) in [7, 11) is 0. The fourth-order valence-electron chi connectivity index (χ4n) is 9.25. The number of rotatable bonds is 49. The first-order chi connectivity index (χ1) is 37.1. The van der Waals surface area contributed by atoms with Crippen LogP contribution in [0.2, 0.25) is 0 Å². The lowest BCUT2D eigenvalue weighted by Crippen LogP contribution is -2.65. The molecule has 0 saturated carbocycles. The summed E-state index contributed by atoms with van der Waals surface area (Å²) in [5, 5.41) is 38.5. The van der Waals surface area contributed by atoms with Gasteiger partial charge in [0.15, 0.2) is 12.4 Å². The Kier molecular flexibility index (Phi) is 42.3. The minimum atomic E-state index is -1.70. The Morgan fingerprint density at radius 1 is 0.571 bits per heavy atom. The molecule has 77 heavy (non-hydrogen) atoms. The van der Waals surface area contributed by atoms with E-state index in [0.29, 0.717) is 25.7 Å². The average molecular weight is 1100 g/mol. The Hall–Kier alpha value is -3.95. The van der Waals surface area contributed by atoms with Crippen LogP contribution in [0, 0.1) is 0 Å². The van der Waals surface area contributed by atoms with E-state index >= 15 is 0 Å². The van der Waals surface area contributed by atoms with Crippen LogP contribution in [0.4, 0.5) is 0 Å². The number of nitrogens with two attached hydrogens (primary N) is 2. The van der Waals surface area contributed by atoms with Gasteiger partial charge in [0.1, 0.15) is 55.8 Å². The molecule has 20 heteroatoms. The Morgan fingerprint density at radius 2 is 1.01 bits per heavy atom. The molecule has 1 aliphatic rings. The molecule has 0 aromatic rings. The van der Waals surface area contributed by atoms with Gasteiger partial charge in [0.2, 0.25) is 23.6 Å². The molecular weight excluding hydrogens is 995 g/mol. The van der Waals surface area contributed by atoms with Crippen LogP contribution in [0.1, 0.15) is 240 Å². The van der Waals surface area contributed by atoms with Gasteiger partial charge in [0, 0.05) is 26.2 Å². The van der Waals surface area contributed by atoms with Crippen molar-refractivity contribution in [1.29, 1.82) is 0 Å². The van der Waals surface area contributed by atoms with Crippen molar-refractivity contribution in [1.82, 2.24) is 16.0 Å². The van der Waals surface area contributed by atoms with Gasteiger partial charge in [-0.2, -0.15) is 0 Å². The average Bonchev–Trinajstić information content (AvgIpc) is 3.40. The van der Waals surface area contributed by atoms with E-state index in [1.54, 1.807) is 0 Å². The highest BCUT2D eigenvalue weighted by Crippen LogP contribution is 2.24. The third-order valence-electron chi connectivity index (χ3n) is 14.0. The van der Waals surface area contributed by atoms with E-state index in [0.717, 1.165) is 45.4 Å². The van der Waals surface area contributed by atoms with E-state index in [-0.39, 0.29) is 38.8 Å². The number of carbonyl (C=O) groups excluding carboxylic acids is 7. The molecule has 1 aliphatic heterocycles. The van der Waals surface area contributed by atoms with Crippen molar-refractivity contribution in [3.05, 3.63) is 0 Å². The lowest BCUT2D eigenvalue weighted by Gasteiger charge is -2.43. The highest BCUT2D eigenvalue weighted by molar-refractivity contribution is 5.92. The first-order valence-electron chi connectivity index (χ1n) is 29.7. The van der Waals surface area contributed by atoms with Gasteiger partial charge in [-0.15, -0.1) is 0 Å². The van der Waals surface area contributed by atoms with Gasteiger partial charge < -0.3 is 66.4 Å². The largest absolute Gasteiger partial charge is 0.462 e. The summed E-state index contributed by atoms with van der Waals surface area (Å²) in [5.74, 6) is -4.97. The van der Waals surface area contributed by atoms with Crippen LogP contribution in [0.5, 0.6) is 0 Å². The zero-order valence-corrected chi connectivity index (χ0v) is 47.8. The molecule has 1 rings (SSSR count). The summed E-state index contributed by atoms with van der Waals surface area (Å²) in [6.07, 6.45) is 22.4. The van der Waals surface area contributed by atoms with E-state index < -0.39 is 116 Å². The number of hydrogen-bond donors (Lipinski definition) is 8. The van der Waals surface area contributed by atoms with Gasteiger partial charge in [-0.3, -0.25) is 33.6 Å². The fourth-order valence-corrected chi connectivity index (χ4v) is 9.25. The molecule has 0 aliphatic carbocycles. The quantitative estimate of drug-likeness (QED) is 0.0179. The van der Waals surface area contributed by atoms with Gasteiger partial charge in [-0.05, 0) is 52.0 Å². The first kappa shape index (κ1) is 71.1. The number of ether oxygens (including phenoxy) is 5. The highest BCUT2D eigenvalue weighted by Gasteiger charge is 2.47. The van der Waals surface area contributed by atoms with E-state index in [2.05, 4.69) is 29.8 Å². The normalized spacial score (nSPS) is 18.8. The predicted molar refractivity (Wildman–Crippen MR) is 294 cm³/mol. The molecule has 9 atom stereocenters. The monoisotopic (exact) mass is 1100 g/mol. The Bertz CT molecular complexity index is 1610. The van der Waals surface area contributed by atoms with Gasteiger partial charge in [0.05, 0.1) is 6.61 Å². The molecule has 1 fully saturated rings. The van der Waals surface area contributed by atoms with Crippen LogP contribution in [0.15, 0.2) is 0 Å². The topological polar surface area (TPSA) is 314 Å². The molecule has 0 aromatic carbocycles. The van der Waals surface area contributed by atoms with Crippen molar-refractivity contribution in [2.24, 2.45) is 11.5 Å². The number of unbranched alkanes of at least 4 members (excludes halogenated alkanes) is 25. The zero-order valence-electron chi connectivity index (χ0n) is 47.8. The Balaban J connectivity index is 2.82. The summed E-state index contributed by atoms with van der Waals surface area (Å²) in [4.78, 5) is 90.5. The van der Waals surface area contributed by atoms with Crippen LogP contribution in [0.25, 0.3) is 0 Å². The van der Waals surface area contributed by atoms with E-state index in [4.69, 9.17) is 35.2 Å². The second kappa shape index (κ2) is 45.9. The van der Waals surface area contributed by atoms with Gasteiger partial charge in [-0.1, -0.05) is 168 Å². The molecule has 20 nitrogen and oxygen atoms in total. The van der Waals surface area contributed by atoms with Crippen molar-refractivity contribution in [3.8, 4) is 0 Å². The number of aliphatic hydroxyl groups excluding tert-OH is 3. The lowest BCUT2D eigenvalue weighted by molar-refractivity contribution is -0.266. The molecule has 10 N–H and O–H groups in total. The summed E-state index contributed by atoms with van der Waals surface area (Å²) >= 11 is 0. The molecule has 0 spiro atoms. The SMILES string of the molecule is CCCCCCCCCCCCCCCC(=O)OC[C@H](COC(=O)CC[C@@H](NC(=O)[C@H](CCCCN)NC(=O)[C@@H](C)O[C@H]1[C@H](O)[C@@H](CO)OC(O)[C@@H]1NC(C)=O)C(N)=O)OC(=O)CCCCCCCCCCCCCCC. The minimum absolute atomic E-state index is 0.0676. The molecule has 0 radical (unpaired) electrons. The highest BCUT2D eigenvalue weighted by atomic mass is 16.6. The standard InChI is InChI=1S/C57H105N5O15/c1-5-7-9-11-13-15-17-19-21-23-25-27-29-34-48(65)73-40-44(76-50(67)35-30-28-26-24-22-20-18-16-14-12-10-8-6-2)41-74-49(66)37-36-45(54(59)69)61-56(71)46(33-31-32-38-58)62-55(70)42(3)75-53-51(60-43(4)64)57(72)77-47(39-63)52(53)68/h42,44-47,51-53,57,63,68,72H,5-41,58H2,1-4H3,(H2,59,69)(H,60,64)(H,61,71)(H,62,70)/t42-,44-,45-,46+,47-,51-,52-,53-,57?/m1/s1. The number of hydrogen-bond acceptors (Lipinski definition) is 16. The van der Waals surface area contributed by atoms with Crippen LogP contribution < -0.4 is 27.4 Å². The number of nitrogens with one attached hydrogen (secondary N) is 3. The maximum Gasteiger partial charge on any atom is 0.306 e. The number of primary amides is 1. The van der Waals surface area contributed by atoms with E-state index in [1.807, 2.05) is 0 Å². The van der Waals surface area contributed by atoms with Gasteiger partial charge >= 0.3 is 17.9 Å². The minimum Gasteiger partial charge on any atom is -0.462 e. The molecule has 448 valence electrons. The summed E-state index contributed by atoms with van der Waals surface area (Å²) in [6, 6.07) is -3.96. The van der Waals surface area contributed by atoms with Crippen LogP contribution >= 0.6 is 0 Å².